The molecule has 2 aromatic rings. The quantitative estimate of drug-likeness (QED) is 0.915. The first kappa shape index (κ1) is 14.7. The SMILES string of the molecule is Cc1nn(C)cc1CNCc1cnn(C)c1C.Cl. The highest BCUT2D eigenvalue weighted by Gasteiger charge is 2.05. The van der Waals surface area contributed by atoms with Gasteiger partial charge < -0.3 is 5.32 Å². The third-order valence-corrected chi connectivity index (χ3v) is 3.08. The van der Waals surface area contributed by atoms with Crippen LogP contribution in [-0.4, -0.2) is 19.6 Å². The van der Waals surface area contributed by atoms with Gasteiger partial charge in [-0.25, -0.2) is 0 Å². The van der Waals surface area contributed by atoms with Crippen molar-refractivity contribution in [2.75, 3.05) is 0 Å². The topological polar surface area (TPSA) is 47.7 Å². The van der Waals surface area contributed by atoms with E-state index in [1.165, 1.54) is 16.8 Å². The van der Waals surface area contributed by atoms with Crippen molar-refractivity contribution in [3.63, 3.8) is 0 Å². The summed E-state index contributed by atoms with van der Waals surface area (Å²) in [5, 5.41) is 12.0. The van der Waals surface area contributed by atoms with E-state index >= 15 is 0 Å². The van der Waals surface area contributed by atoms with Crippen molar-refractivity contribution in [3.8, 4) is 0 Å². The van der Waals surface area contributed by atoms with E-state index in [9.17, 15) is 0 Å². The van der Waals surface area contributed by atoms with Gasteiger partial charge in [0.25, 0.3) is 0 Å². The number of nitrogens with one attached hydrogen (secondary N) is 1. The van der Waals surface area contributed by atoms with Gasteiger partial charge in [-0.05, 0) is 13.8 Å². The maximum atomic E-state index is 4.32. The van der Waals surface area contributed by atoms with Crippen LogP contribution in [0, 0.1) is 13.8 Å². The molecule has 18 heavy (non-hydrogen) atoms. The molecule has 2 heterocycles. The summed E-state index contributed by atoms with van der Waals surface area (Å²) in [6.45, 7) is 5.80. The molecule has 0 bridgehead atoms. The van der Waals surface area contributed by atoms with Crippen molar-refractivity contribution in [1.29, 1.82) is 0 Å². The second-order valence-corrected chi connectivity index (χ2v) is 4.40. The van der Waals surface area contributed by atoms with Crippen LogP contribution in [0.3, 0.4) is 0 Å². The van der Waals surface area contributed by atoms with Crippen LogP contribution in [0.5, 0.6) is 0 Å². The summed E-state index contributed by atoms with van der Waals surface area (Å²) in [6.07, 6.45) is 3.97. The van der Waals surface area contributed by atoms with Gasteiger partial charge in [0.2, 0.25) is 0 Å². The standard InChI is InChI=1S/C12H19N5.ClH/c1-9-12(8-16(3)15-9)6-13-5-11-7-14-17(4)10(11)2;/h7-8,13H,5-6H2,1-4H3;1H. The van der Waals surface area contributed by atoms with Gasteiger partial charge in [-0.2, -0.15) is 10.2 Å². The highest BCUT2D eigenvalue weighted by Crippen LogP contribution is 2.07. The molecule has 0 saturated heterocycles. The number of rotatable bonds is 4. The Labute approximate surface area is 114 Å². The minimum Gasteiger partial charge on any atom is -0.308 e. The molecule has 0 radical (unpaired) electrons. The van der Waals surface area contributed by atoms with Gasteiger partial charge >= 0.3 is 0 Å². The smallest absolute Gasteiger partial charge is 0.0638 e. The molecule has 0 amide bonds. The summed E-state index contributed by atoms with van der Waals surface area (Å²) in [6, 6.07) is 0. The number of halogens is 1. The van der Waals surface area contributed by atoms with E-state index in [2.05, 4.69) is 28.6 Å². The number of nitrogens with zero attached hydrogens (tertiary/aromatic N) is 4. The molecule has 6 heteroatoms. The molecule has 0 aromatic carbocycles. The lowest BCUT2D eigenvalue weighted by atomic mass is 10.2. The average Bonchev–Trinajstić information content (AvgIpc) is 2.75. The number of aromatic nitrogens is 4. The van der Waals surface area contributed by atoms with Gasteiger partial charge in [-0.3, -0.25) is 9.36 Å². The van der Waals surface area contributed by atoms with Crippen LogP contribution in [-0.2, 0) is 27.2 Å². The zero-order chi connectivity index (χ0) is 12.4. The van der Waals surface area contributed by atoms with Crippen molar-refractivity contribution >= 4 is 12.4 Å². The van der Waals surface area contributed by atoms with E-state index in [4.69, 9.17) is 0 Å². The summed E-state index contributed by atoms with van der Waals surface area (Å²) < 4.78 is 3.74. The molecule has 0 atom stereocenters. The van der Waals surface area contributed by atoms with Crippen molar-refractivity contribution in [2.45, 2.75) is 26.9 Å². The average molecular weight is 270 g/mol. The molecule has 0 unspecified atom stereocenters. The van der Waals surface area contributed by atoms with E-state index in [1.54, 1.807) is 0 Å². The van der Waals surface area contributed by atoms with Crippen molar-refractivity contribution in [3.05, 3.63) is 34.9 Å². The molecule has 1 N–H and O–H groups in total. The summed E-state index contributed by atoms with van der Waals surface area (Å²) in [5.74, 6) is 0. The normalized spacial score (nSPS) is 10.4. The van der Waals surface area contributed by atoms with Crippen LogP contribution in [0.25, 0.3) is 0 Å². The van der Waals surface area contributed by atoms with E-state index < -0.39 is 0 Å². The predicted octanol–water partition coefficient (Wildman–Crippen LogP) is 1.48. The van der Waals surface area contributed by atoms with Crippen molar-refractivity contribution in [2.24, 2.45) is 14.1 Å². The Balaban J connectivity index is 0.00000162. The van der Waals surface area contributed by atoms with Crippen LogP contribution in [0.2, 0.25) is 0 Å². The molecular weight excluding hydrogens is 250 g/mol. The molecule has 0 spiro atoms. The molecule has 0 fully saturated rings. The lowest BCUT2D eigenvalue weighted by molar-refractivity contribution is 0.682. The molecule has 0 aliphatic carbocycles. The van der Waals surface area contributed by atoms with E-state index in [1.807, 2.05) is 36.6 Å². The van der Waals surface area contributed by atoms with Gasteiger partial charge in [0.1, 0.15) is 0 Å². The molecule has 0 saturated carbocycles. The molecule has 2 rings (SSSR count). The van der Waals surface area contributed by atoms with E-state index in [0.717, 1.165) is 18.8 Å². The zero-order valence-corrected chi connectivity index (χ0v) is 12.1. The van der Waals surface area contributed by atoms with Crippen LogP contribution in [0.1, 0.15) is 22.5 Å². The van der Waals surface area contributed by atoms with Gasteiger partial charge in [-0.15, -0.1) is 12.4 Å². The fraction of sp³-hybridized carbons (Fsp3) is 0.500. The van der Waals surface area contributed by atoms with Crippen molar-refractivity contribution in [1.82, 2.24) is 24.9 Å². The first-order chi connectivity index (χ1) is 8.08. The Hall–Kier alpha value is -1.33. The molecule has 2 aromatic heterocycles. The van der Waals surface area contributed by atoms with Crippen molar-refractivity contribution < 1.29 is 0 Å². The Kier molecular flexibility index (Phi) is 4.93. The highest BCUT2D eigenvalue weighted by atomic mass is 35.5. The van der Waals surface area contributed by atoms with Gasteiger partial charge in [0, 0.05) is 50.2 Å². The number of aryl methyl sites for hydroxylation is 3. The summed E-state index contributed by atoms with van der Waals surface area (Å²) in [7, 11) is 3.91. The summed E-state index contributed by atoms with van der Waals surface area (Å²) in [4.78, 5) is 0. The minimum atomic E-state index is 0. The van der Waals surface area contributed by atoms with Crippen LogP contribution in [0.15, 0.2) is 12.4 Å². The third-order valence-electron chi connectivity index (χ3n) is 3.08. The maximum Gasteiger partial charge on any atom is 0.0638 e. The molecule has 0 aliphatic heterocycles. The summed E-state index contributed by atoms with van der Waals surface area (Å²) >= 11 is 0. The van der Waals surface area contributed by atoms with Crippen LogP contribution in [0.4, 0.5) is 0 Å². The van der Waals surface area contributed by atoms with Crippen LogP contribution < -0.4 is 5.32 Å². The second-order valence-electron chi connectivity index (χ2n) is 4.40. The lowest BCUT2D eigenvalue weighted by Gasteiger charge is -2.03. The number of hydrogen-bond acceptors (Lipinski definition) is 3. The van der Waals surface area contributed by atoms with Crippen LogP contribution >= 0.6 is 12.4 Å². The molecular formula is C12H20ClN5. The second kappa shape index (κ2) is 6.02. The first-order valence-corrected chi connectivity index (χ1v) is 5.75. The monoisotopic (exact) mass is 269 g/mol. The van der Waals surface area contributed by atoms with E-state index in [0.29, 0.717) is 0 Å². The van der Waals surface area contributed by atoms with Gasteiger partial charge in [0.15, 0.2) is 0 Å². The van der Waals surface area contributed by atoms with E-state index in [-0.39, 0.29) is 12.4 Å². The Bertz CT molecular complexity index is 513. The van der Waals surface area contributed by atoms with Gasteiger partial charge in [0.05, 0.1) is 11.9 Å². The largest absolute Gasteiger partial charge is 0.308 e. The Morgan fingerprint density at radius 1 is 1.17 bits per heavy atom. The Morgan fingerprint density at radius 2 is 1.83 bits per heavy atom. The molecule has 5 nitrogen and oxygen atoms in total. The maximum absolute atomic E-state index is 4.32. The van der Waals surface area contributed by atoms with Gasteiger partial charge in [-0.1, -0.05) is 0 Å². The molecule has 0 aliphatic rings. The zero-order valence-electron chi connectivity index (χ0n) is 11.3. The summed E-state index contributed by atoms with van der Waals surface area (Å²) in [5.41, 5.74) is 4.78. The third kappa shape index (κ3) is 3.11. The molecule has 100 valence electrons. The predicted molar refractivity (Wildman–Crippen MR) is 73.7 cm³/mol. The minimum absolute atomic E-state index is 0. The Morgan fingerprint density at radius 3 is 2.33 bits per heavy atom. The fourth-order valence-electron chi connectivity index (χ4n) is 1.87. The number of hydrogen-bond donors (Lipinski definition) is 1. The lowest BCUT2D eigenvalue weighted by Crippen LogP contribution is -2.13. The highest BCUT2D eigenvalue weighted by molar-refractivity contribution is 5.85. The fourth-order valence-corrected chi connectivity index (χ4v) is 1.87. The first-order valence-electron chi connectivity index (χ1n) is 5.75.